The van der Waals surface area contributed by atoms with E-state index in [2.05, 4.69) is 10.2 Å². The van der Waals surface area contributed by atoms with Crippen LogP contribution in [0, 0.1) is 0 Å². The van der Waals surface area contributed by atoms with Crippen molar-refractivity contribution in [1.29, 1.82) is 0 Å². The first-order valence-electron chi connectivity index (χ1n) is 15.6. The van der Waals surface area contributed by atoms with Gasteiger partial charge in [0, 0.05) is 75.0 Å². The van der Waals surface area contributed by atoms with Gasteiger partial charge in [0.05, 0.1) is 5.39 Å². The number of fused-ring (bicyclic) bond motifs is 1. The van der Waals surface area contributed by atoms with Gasteiger partial charge >= 0.3 is 0 Å². The van der Waals surface area contributed by atoms with Gasteiger partial charge in [0.15, 0.2) is 22.7 Å². The van der Waals surface area contributed by atoms with E-state index in [-0.39, 0.29) is 35.0 Å². The number of amides is 3. The van der Waals surface area contributed by atoms with Gasteiger partial charge in [-0.25, -0.2) is 0 Å². The van der Waals surface area contributed by atoms with Crippen LogP contribution >= 0.6 is 11.6 Å². The molecule has 3 aromatic carbocycles. The van der Waals surface area contributed by atoms with Gasteiger partial charge in [0.2, 0.25) is 11.8 Å². The molecule has 2 fully saturated rings. The smallest absolute Gasteiger partial charge is 0.287 e. The van der Waals surface area contributed by atoms with E-state index in [0.717, 1.165) is 54.4 Å². The number of piperazine rings is 1. The SMILES string of the molecule is O=C(N[C@H](Cc1ccc(Cl)cc1)C(=O)N1CCN(c2ccccc2CN2CCCCC2=O)CC1)c1cc(=O)c2cc(O)c(O)cc2o1. The van der Waals surface area contributed by atoms with Crippen LogP contribution in [0.1, 0.15) is 40.9 Å². The van der Waals surface area contributed by atoms with Crippen molar-refractivity contribution in [3.8, 4) is 11.5 Å². The average Bonchev–Trinajstić information content (AvgIpc) is 3.07. The molecule has 3 heterocycles. The van der Waals surface area contributed by atoms with Crippen LogP contribution in [0.15, 0.2) is 75.9 Å². The van der Waals surface area contributed by atoms with Crippen LogP contribution in [0.4, 0.5) is 5.69 Å². The number of halogens is 1. The predicted molar refractivity (Wildman–Crippen MR) is 177 cm³/mol. The fourth-order valence-electron chi connectivity index (χ4n) is 6.15. The molecule has 1 atom stereocenters. The van der Waals surface area contributed by atoms with Crippen molar-refractivity contribution in [2.24, 2.45) is 0 Å². The third-order valence-electron chi connectivity index (χ3n) is 8.71. The molecule has 2 saturated heterocycles. The van der Waals surface area contributed by atoms with Gasteiger partial charge in [0.25, 0.3) is 5.91 Å². The Kier molecular flexibility index (Phi) is 9.35. The molecule has 4 aromatic rings. The highest BCUT2D eigenvalue weighted by Crippen LogP contribution is 2.29. The largest absolute Gasteiger partial charge is 0.504 e. The Morgan fingerprint density at radius 3 is 2.36 bits per heavy atom. The minimum atomic E-state index is -0.984. The number of hydrogen-bond donors (Lipinski definition) is 3. The van der Waals surface area contributed by atoms with Crippen LogP contribution in [0.25, 0.3) is 11.0 Å². The van der Waals surface area contributed by atoms with Crippen LogP contribution in [-0.2, 0) is 22.6 Å². The highest BCUT2D eigenvalue weighted by molar-refractivity contribution is 6.30. The first kappa shape index (κ1) is 31.9. The van der Waals surface area contributed by atoms with Gasteiger partial charge in [-0.3, -0.25) is 19.2 Å². The molecule has 0 saturated carbocycles. The van der Waals surface area contributed by atoms with Crippen molar-refractivity contribution in [1.82, 2.24) is 15.1 Å². The molecule has 3 amide bonds. The Balaban J connectivity index is 1.18. The quantitative estimate of drug-likeness (QED) is 0.241. The first-order chi connectivity index (χ1) is 22.7. The van der Waals surface area contributed by atoms with Crippen molar-refractivity contribution in [3.05, 3.63) is 98.9 Å². The summed E-state index contributed by atoms with van der Waals surface area (Å²) < 4.78 is 5.61. The number of para-hydroxylation sites is 1. The number of anilines is 1. The maximum atomic E-state index is 14.0. The van der Waals surface area contributed by atoms with Crippen molar-refractivity contribution < 1.29 is 29.0 Å². The zero-order valence-corrected chi connectivity index (χ0v) is 26.4. The van der Waals surface area contributed by atoms with Crippen LogP contribution in [0.2, 0.25) is 5.02 Å². The molecule has 0 bridgehead atoms. The molecule has 0 unspecified atom stereocenters. The molecule has 1 aromatic heterocycles. The summed E-state index contributed by atoms with van der Waals surface area (Å²) in [5, 5.41) is 22.9. The number of phenolic OH excluding ortho intramolecular Hbond substituents is 2. The Hall–Kier alpha value is -5.03. The topological polar surface area (TPSA) is 144 Å². The van der Waals surface area contributed by atoms with Crippen molar-refractivity contribution in [3.63, 3.8) is 0 Å². The monoisotopic (exact) mass is 658 g/mol. The molecule has 3 N–H and O–H groups in total. The van der Waals surface area contributed by atoms with Crippen LogP contribution in [0.5, 0.6) is 11.5 Å². The summed E-state index contributed by atoms with van der Waals surface area (Å²) in [7, 11) is 0. The number of nitrogens with one attached hydrogen (secondary N) is 1. The van der Waals surface area contributed by atoms with Crippen molar-refractivity contribution >= 4 is 46.0 Å². The number of benzene rings is 3. The maximum absolute atomic E-state index is 14.0. The van der Waals surface area contributed by atoms with Crippen LogP contribution in [-0.4, -0.2) is 76.5 Å². The summed E-state index contributed by atoms with van der Waals surface area (Å²) in [5.41, 5.74) is 2.20. The van der Waals surface area contributed by atoms with Gasteiger partial charge < -0.3 is 34.6 Å². The lowest BCUT2D eigenvalue weighted by Crippen LogP contribution is -2.55. The summed E-state index contributed by atoms with van der Waals surface area (Å²) >= 11 is 6.07. The average molecular weight is 659 g/mol. The van der Waals surface area contributed by atoms with E-state index in [0.29, 0.717) is 44.2 Å². The molecule has 0 spiro atoms. The van der Waals surface area contributed by atoms with Gasteiger partial charge in [-0.1, -0.05) is 41.9 Å². The van der Waals surface area contributed by atoms with Crippen molar-refractivity contribution in [2.75, 3.05) is 37.6 Å². The number of rotatable bonds is 8. The lowest BCUT2D eigenvalue weighted by molar-refractivity contribution is -0.134. The number of carbonyl (C=O) groups is 3. The summed E-state index contributed by atoms with van der Waals surface area (Å²) in [6.07, 6.45) is 2.68. The summed E-state index contributed by atoms with van der Waals surface area (Å²) in [6.45, 7) is 3.26. The highest BCUT2D eigenvalue weighted by atomic mass is 35.5. The molecule has 0 radical (unpaired) electrons. The van der Waals surface area contributed by atoms with E-state index >= 15 is 0 Å². The van der Waals surface area contributed by atoms with E-state index in [9.17, 15) is 29.4 Å². The number of phenols is 2. The molecule has 2 aliphatic rings. The van der Waals surface area contributed by atoms with E-state index in [1.54, 1.807) is 29.2 Å². The normalized spacial score (nSPS) is 15.9. The lowest BCUT2D eigenvalue weighted by Gasteiger charge is -2.39. The Morgan fingerprint density at radius 1 is 0.894 bits per heavy atom. The summed E-state index contributed by atoms with van der Waals surface area (Å²) in [5.74, 6) is -2.22. The van der Waals surface area contributed by atoms with Gasteiger partial charge in [-0.2, -0.15) is 0 Å². The number of aromatic hydroxyl groups is 2. The zero-order chi connectivity index (χ0) is 33.1. The molecular weight excluding hydrogens is 624 g/mol. The molecule has 12 heteroatoms. The maximum Gasteiger partial charge on any atom is 0.287 e. The fraction of sp³-hybridized carbons (Fsp3) is 0.314. The van der Waals surface area contributed by atoms with Crippen LogP contribution in [0.3, 0.4) is 0 Å². The van der Waals surface area contributed by atoms with E-state index in [1.807, 2.05) is 29.2 Å². The third-order valence-corrected chi connectivity index (χ3v) is 8.96. The second kappa shape index (κ2) is 13.8. The molecule has 0 aliphatic carbocycles. The number of piperidine rings is 1. The van der Waals surface area contributed by atoms with Gasteiger partial charge in [-0.05, 0) is 48.2 Å². The van der Waals surface area contributed by atoms with Gasteiger partial charge in [0.1, 0.15) is 11.6 Å². The lowest BCUT2D eigenvalue weighted by atomic mass is 10.0. The minimum absolute atomic E-state index is 0.00684. The van der Waals surface area contributed by atoms with E-state index < -0.39 is 28.9 Å². The number of nitrogens with zero attached hydrogens (tertiary/aromatic N) is 3. The Bertz CT molecular complexity index is 1870. The third kappa shape index (κ3) is 7.20. The number of hydrogen-bond acceptors (Lipinski definition) is 8. The molecule has 2 aliphatic heterocycles. The molecular formula is C35H35ClN4O7. The molecule has 244 valence electrons. The Morgan fingerprint density at radius 2 is 1.62 bits per heavy atom. The fourth-order valence-corrected chi connectivity index (χ4v) is 6.28. The van der Waals surface area contributed by atoms with Crippen LogP contribution < -0.4 is 15.6 Å². The molecule has 47 heavy (non-hydrogen) atoms. The summed E-state index contributed by atoms with van der Waals surface area (Å²) in [6, 6.07) is 17.1. The van der Waals surface area contributed by atoms with Crippen molar-refractivity contribution in [2.45, 2.75) is 38.3 Å². The van der Waals surface area contributed by atoms with Gasteiger partial charge in [-0.15, -0.1) is 0 Å². The molecule has 6 rings (SSSR count). The van der Waals surface area contributed by atoms with E-state index in [1.165, 1.54) is 0 Å². The standard InChI is InChI=1S/C35H35ClN4O7/c36-24-10-8-22(9-11-24)17-26(37-34(45)32-19-28(41)25-18-29(42)30(43)20-31(25)47-32)35(46)39-15-13-38(14-16-39)27-6-2-1-5-23(27)21-40-12-4-3-7-33(40)44/h1-2,5-6,8-11,18-20,26,42-43H,3-4,7,12-17,21H2,(H,37,45)/t26-/m1/s1. The highest BCUT2D eigenvalue weighted by Gasteiger charge is 2.31. The zero-order valence-electron chi connectivity index (χ0n) is 25.7. The summed E-state index contributed by atoms with van der Waals surface area (Å²) in [4.78, 5) is 58.4. The minimum Gasteiger partial charge on any atom is -0.504 e. The Labute approximate surface area is 275 Å². The second-order valence-electron chi connectivity index (χ2n) is 11.9. The predicted octanol–water partition coefficient (Wildman–Crippen LogP) is 4.06. The molecule has 11 nitrogen and oxygen atoms in total. The number of likely N-dealkylation sites (tertiary alicyclic amines) is 1. The first-order valence-corrected chi connectivity index (χ1v) is 16.0. The number of carbonyl (C=O) groups excluding carboxylic acids is 3. The van der Waals surface area contributed by atoms with E-state index in [4.69, 9.17) is 16.0 Å². The second-order valence-corrected chi connectivity index (χ2v) is 12.3.